The van der Waals surface area contributed by atoms with Gasteiger partial charge in [0.2, 0.25) is 0 Å². The van der Waals surface area contributed by atoms with Gasteiger partial charge in [0.05, 0.1) is 26.5 Å². The van der Waals surface area contributed by atoms with Gasteiger partial charge >= 0.3 is 0 Å². The molecule has 0 bridgehead atoms. The predicted octanol–water partition coefficient (Wildman–Crippen LogP) is 4.07. The van der Waals surface area contributed by atoms with Crippen LogP contribution in [0.1, 0.15) is 29.9 Å². The third kappa shape index (κ3) is 3.24. The lowest BCUT2D eigenvalue weighted by Crippen LogP contribution is -2.22. The fourth-order valence-corrected chi connectivity index (χ4v) is 3.06. The van der Waals surface area contributed by atoms with Gasteiger partial charge in [0.25, 0.3) is 0 Å². The summed E-state index contributed by atoms with van der Waals surface area (Å²) in [6, 6.07) is 5.98. The van der Waals surface area contributed by atoms with Crippen LogP contribution in [-0.2, 0) is 0 Å². The van der Waals surface area contributed by atoms with Crippen molar-refractivity contribution in [2.24, 2.45) is 0 Å². The van der Waals surface area contributed by atoms with Gasteiger partial charge in [0.15, 0.2) is 0 Å². The zero-order valence-electron chi connectivity index (χ0n) is 12.7. The van der Waals surface area contributed by atoms with Gasteiger partial charge in [-0.05, 0) is 47.6 Å². The number of ether oxygens (including phenoxy) is 2. The van der Waals surface area contributed by atoms with E-state index in [4.69, 9.17) is 13.9 Å². The monoisotopic (exact) mass is 353 g/mol. The van der Waals surface area contributed by atoms with Gasteiger partial charge in [-0.2, -0.15) is 0 Å². The van der Waals surface area contributed by atoms with Crippen molar-refractivity contribution in [3.63, 3.8) is 0 Å². The second-order valence-corrected chi connectivity index (χ2v) is 5.48. The molecular formula is C16H20BrNO3. The van der Waals surface area contributed by atoms with E-state index in [2.05, 4.69) is 28.2 Å². The predicted molar refractivity (Wildman–Crippen MR) is 86.2 cm³/mol. The van der Waals surface area contributed by atoms with Crippen LogP contribution in [0, 0.1) is 6.92 Å². The molecule has 0 aliphatic heterocycles. The van der Waals surface area contributed by atoms with Crippen molar-refractivity contribution in [1.82, 2.24) is 5.32 Å². The number of methoxy groups -OCH3 is 2. The van der Waals surface area contributed by atoms with Gasteiger partial charge in [0.1, 0.15) is 21.7 Å². The van der Waals surface area contributed by atoms with Crippen LogP contribution in [0.25, 0.3) is 0 Å². The number of nitrogens with one attached hydrogen (secondary N) is 1. The number of benzene rings is 1. The highest BCUT2D eigenvalue weighted by Crippen LogP contribution is 2.41. The van der Waals surface area contributed by atoms with E-state index in [1.54, 1.807) is 20.5 Å². The molecule has 4 nitrogen and oxygen atoms in total. The first-order valence-electron chi connectivity index (χ1n) is 6.81. The molecule has 0 radical (unpaired) electrons. The van der Waals surface area contributed by atoms with Gasteiger partial charge in [0, 0.05) is 11.1 Å². The summed E-state index contributed by atoms with van der Waals surface area (Å²) >= 11 is 3.55. The summed E-state index contributed by atoms with van der Waals surface area (Å²) in [7, 11) is 3.30. The lowest BCUT2D eigenvalue weighted by molar-refractivity contribution is 0.382. The molecule has 2 rings (SSSR count). The summed E-state index contributed by atoms with van der Waals surface area (Å²) in [4.78, 5) is 0. The van der Waals surface area contributed by atoms with Gasteiger partial charge < -0.3 is 19.2 Å². The summed E-state index contributed by atoms with van der Waals surface area (Å²) < 4.78 is 17.2. The topological polar surface area (TPSA) is 43.6 Å². The van der Waals surface area contributed by atoms with Crippen molar-refractivity contribution < 1.29 is 13.9 Å². The number of hydrogen-bond acceptors (Lipinski definition) is 4. The van der Waals surface area contributed by atoms with E-state index in [0.29, 0.717) is 0 Å². The molecule has 0 saturated heterocycles. The largest absolute Gasteiger partial charge is 0.495 e. The van der Waals surface area contributed by atoms with Crippen molar-refractivity contribution in [2.45, 2.75) is 19.9 Å². The van der Waals surface area contributed by atoms with Gasteiger partial charge in [-0.15, -0.1) is 0 Å². The molecule has 0 fully saturated rings. The fraction of sp³-hybridized carbons (Fsp3) is 0.375. The Labute approximate surface area is 133 Å². The lowest BCUT2D eigenvalue weighted by Gasteiger charge is -2.21. The summed E-state index contributed by atoms with van der Waals surface area (Å²) in [5.74, 6) is 2.40. The Morgan fingerprint density at radius 1 is 1.29 bits per heavy atom. The standard InChI is InChI=1S/C16H20BrNO3/c1-5-18-15(11-8-10(2)21-9-11)12-6-7-13(19-3)14(17)16(12)20-4/h6-9,15,18H,5H2,1-4H3. The Morgan fingerprint density at radius 3 is 2.57 bits per heavy atom. The summed E-state index contributed by atoms with van der Waals surface area (Å²) in [5, 5.41) is 3.47. The summed E-state index contributed by atoms with van der Waals surface area (Å²) in [6.45, 7) is 4.85. The van der Waals surface area contributed by atoms with Gasteiger partial charge in [-0.1, -0.05) is 6.92 Å². The molecule has 1 unspecified atom stereocenters. The van der Waals surface area contributed by atoms with Crippen molar-refractivity contribution in [1.29, 1.82) is 0 Å². The van der Waals surface area contributed by atoms with E-state index in [1.165, 1.54) is 0 Å². The molecule has 0 amide bonds. The maximum atomic E-state index is 5.58. The molecule has 0 aliphatic carbocycles. The quantitative estimate of drug-likeness (QED) is 0.850. The van der Waals surface area contributed by atoms with Crippen molar-refractivity contribution in [2.75, 3.05) is 20.8 Å². The molecule has 1 aromatic carbocycles. The van der Waals surface area contributed by atoms with Crippen LogP contribution >= 0.6 is 15.9 Å². The highest BCUT2D eigenvalue weighted by Gasteiger charge is 2.22. The zero-order chi connectivity index (χ0) is 15.4. The van der Waals surface area contributed by atoms with E-state index < -0.39 is 0 Å². The average molecular weight is 354 g/mol. The third-order valence-electron chi connectivity index (χ3n) is 3.32. The Bertz CT molecular complexity index is 610. The molecule has 5 heteroatoms. The second-order valence-electron chi connectivity index (χ2n) is 4.69. The number of rotatable bonds is 6. The van der Waals surface area contributed by atoms with E-state index in [1.807, 2.05) is 25.1 Å². The second kappa shape index (κ2) is 7.00. The third-order valence-corrected chi connectivity index (χ3v) is 4.07. The van der Waals surface area contributed by atoms with Crippen molar-refractivity contribution >= 4 is 15.9 Å². The fourth-order valence-electron chi connectivity index (χ4n) is 2.37. The smallest absolute Gasteiger partial charge is 0.141 e. The van der Waals surface area contributed by atoms with E-state index >= 15 is 0 Å². The maximum Gasteiger partial charge on any atom is 0.141 e. The van der Waals surface area contributed by atoms with Crippen LogP contribution < -0.4 is 14.8 Å². The minimum atomic E-state index is 0.00426. The minimum Gasteiger partial charge on any atom is -0.495 e. The number of furan rings is 1. The molecule has 1 N–H and O–H groups in total. The van der Waals surface area contributed by atoms with Crippen molar-refractivity contribution in [3.8, 4) is 11.5 Å². The molecule has 0 saturated carbocycles. The summed E-state index contributed by atoms with van der Waals surface area (Å²) in [5.41, 5.74) is 2.11. The molecule has 1 heterocycles. The van der Waals surface area contributed by atoms with Crippen LogP contribution in [0.15, 0.2) is 33.4 Å². The van der Waals surface area contributed by atoms with Crippen LogP contribution in [-0.4, -0.2) is 20.8 Å². The number of halogens is 1. The Hall–Kier alpha value is -1.46. The molecule has 114 valence electrons. The normalized spacial score (nSPS) is 12.2. The SMILES string of the molecule is CCNC(c1coc(C)c1)c1ccc(OC)c(Br)c1OC. The lowest BCUT2D eigenvalue weighted by atomic mass is 9.99. The highest BCUT2D eigenvalue weighted by atomic mass is 79.9. The number of hydrogen-bond donors (Lipinski definition) is 1. The van der Waals surface area contributed by atoms with Gasteiger partial charge in [-0.25, -0.2) is 0 Å². The van der Waals surface area contributed by atoms with E-state index in [0.717, 1.165) is 39.4 Å². The van der Waals surface area contributed by atoms with Crippen LogP contribution in [0.4, 0.5) is 0 Å². The molecule has 21 heavy (non-hydrogen) atoms. The first-order valence-corrected chi connectivity index (χ1v) is 7.60. The van der Waals surface area contributed by atoms with Crippen LogP contribution in [0.5, 0.6) is 11.5 Å². The van der Waals surface area contributed by atoms with Crippen LogP contribution in [0.2, 0.25) is 0 Å². The first kappa shape index (κ1) is 15.9. The Kier molecular flexibility index (Phi) is 5.31. The molecule has 0 spiro atoms. The van der Waals surface area contributed by atoms with Crippen LogP contribution in [0.3, 0.4) is 0 Å². The van der Waals surface area contributed by atoms with E-state index in [9.17, 15) is 0 Å². The molecule has 0 aliphatic rings. The summed E-state index contributed by atoms with van der Waals surface area (Å²) in [6.07, 6.45) is 1.78. The molecule has 1 atom stereocenters. The number of aryl methyl sites for hydroxylation is 1. The highest BCUT2D eigenvalue weighted by molar-refractivity contribution is 9.10. The molecule has 1 aromatic heterocycles. The van der Waals surface area contributed by atoms with Gasteiger partial charge in [-0.3, -0.25) is 0 Å². The Balaban J connectivity index is 2.52. The van der Waals surface area contributed by atoms with E-state index in [-0.39, 0.29) is 6.04 Å². The average Bonchev–Trinajstić information content (AvgIpc) is 2.91. The first-order chi connectivity index (χ1) is 10.1. The zero-order valence-corrected chi connectivity index (χ0v) is 14.3. The molecule has 2 aromatic rings. The minimum absolute atomic E-state index is 0.00426. The Morgan fingerprint density at radius 2 is 2.05 bits per heavy atom. The molecular weight excluding hydrogens is 334 g/mol. The van der Waals surface area contributed by atoms with Crippen molar-refractivity contribution in [3.05, 3.63) is 45.8 Å². The maximum absolute atomic E-state index is 5.58.